The lowest BCUT2D eigenvalue weighted by molar-refractivity contribution is -0.132. The molecule has 4 rings (SSSR count). The first-order valence-electron chi connectivity index (χ1n) is 10.4. The van der Waals surface area contributed by atoms with Crippen molar-refractivity contribution >= 4 is 17.5 Å². The number of benzene rings is 3. The normalized spacial score (nSPS) is 13.1. The van der Waals surface area contributed by atoms with Crippen molar-refractivity contribution < 1.29 is 23.1 Å². The molecule has 0 atom stereocenters. The van der Waals surface area contributed by atoms with E-state index in [2.05, 4.69) is 5.32 Å². The zero-order valence-electron chi connectivity index (χ0n) is 17.3. The van der Waals surface area contributed by atoms with Gasteiger partial charge in [0, 0.05) is 24.8 Å². The van der Waals surface area contributed by atoms with Crippen molar-refractivity contribution in [1.82, 2.24) is 4.90 Å². The van der Waals surface area contributed by atoms with Gasteiger partial charge in [0.1, 0.15) is 17.4 Å². The minimum atomic E-state index is -0.687. The summed E-state index contributed by atoms with van der Waals surface area (Å²) in [5, 5.41) is 2.65. The van der Waals surface area contributed by atoms with E-state index in [1.54, 1.807) is 47.4 Å². The van der Waals surface area contributed by atoms with Crippen LogP contribution >= 0.6 is 0 Å². The lowest BCUT2D eigenvalue weighted by atomic mass is 10.0. The first kappa shape index (κ1) is 21.5. The van der Waals surface area contributed by atoms with Crippen LogP contribution in [0.5, 0.6) is 5.75 Å². The Bertz CT molecular complexity index is 1130. The lowest BCUT2D eigenvalue weighted by Crippen LogP contribution is -2.32. The second kappa shape index (κ2) is 9.60. The summed E-state index contributed by atoms with van der Waals surface area (Å²) in [5.74, 6) is -1.31. The van der Waals surface area contributed by atoms with Gasteiger partial charge < -0.3 is 15.0 Å². The number of halogens is 2. The van der Waals surface area contributed by atoms with Crippen LogP contribution in [0.3, 0.4) is 0 Å². The molecule has 3 aromatic rings. The van der Waals surface area contributed by atoms with Crippen LogP contribution in [0.15, 0.2) is 66.7 Å². The highest BCUT2D eigenvalue weighted by Crippen LogP contribution is 2.24. The average Bonchev–Trinajstić information content (AvgIpc) is 3.33. The summed E-state index contributed by atoms with van der Waals surface area (Å²) in [4.78, 5) is 26.5. The first-order valence-corrected chi connectivity index (χ1v) is 10.4. The Morgan fingerprint density at radius 3 is 2.34 bits per heavy atom. The molecule has 2 amide bonds. The summed E-state index contributed by atoms with van der Waals surface area (Å²) < 4.78 is 33.3. The zero-order chi connectivity index (χ0) is 22.5. The number of hydrogen-bond donors (Lipinski definition) is 1. The van der Waals surface area contributed by atoms with Gasteiger partial charge in [-0.25, -0.2) is 8.78 Å². The third-order valence-corrected chi connectivity index (χ3v) is 5.30. The number of ether oxygens (including phenoxy) is 1. The van der Waals surface area contributed by atoms with Crippen LogP contribution in [-0.2, 0) is 4.79 Å². The second-order valence-corrected chi connectivity index (χ2v) is 7.56. The van der Waals surface area contributed by atoms with Crippen LogP contribution in [-0.4, -0.2) is 36.4 Å². The van der Waals surface area contributed by atoms with Crippen LogP contribution < -0.4 is 10.1 Å². The fourth-order valence-corrected chi connectivity index (χ4v) is 3.59. The van der Waals surface area contributed by atoms with Gasteiger partial charge in [0.05, 0.1) is 5.56 Å². The van der Waals surface area contributed by atoms with E-state index in [0.29, 0.717) is 22.6 Å². The van der Waals surface area contributed by atoms with Crippen molar-refractivity contribution in [3.05, 3.63) is 83.9 Å². The monoisotopic (exact) mass is 436 g/mol. The molecule has 164 valence electrons. The molecule has 0 radical (unpaired) electrons. The molecule has 1 aliphatic rings. The SMILES string of the molecule is O=C(Nc1cccc(OCC(=O)N2CCCC2)c1)c1ccc(-c2ccc(F)cc2)cc1F. The van der Waals surface area contributed by atoms with Crippen molar-refractivity contribution in [3.8, 4) is 16.9 Å². The molecular formula is C25H22F2N2O3. The molecule has 0 spiro atoms. The zero-order valence-corrected chi connectivity index (χ0v) is 17.3. The number of rotatable bonds is 6. The number of likely N-dealkylation sites (tertiary alicyclic amines) is 1. The van der Waals surface area contributed by atoms with Crippen LogP contribution in [0.2, 0.25) is 0 Å². The Kier molecular flexibility index (Phi) is 6.44. The summed E-state index contributed by atoms with van der Waals surface area (Å²) in [6.07, 6.45) is 2.02. The predicted molar refractivity (Wildman–Crippen MR) is 117 cm³/mol. The van der Waals surface area contributed by atoms with E-state index in [1.807, 2.05) is 0 Å². The maximum absolute atomic E-state index is 14.6. The fraction of sp³-hybridized carbons (Fsp3) is 0.200. The summed E-state index contributed by atoms with van der Waals surface area (Å²) in [6.45, 7) is 1.44. The summed E-state index contributed by atoms with van der Waals surface area (Å²) in [7, 11) is 0. The van der Waals surface area contributed by atoms with E-state index in [0.717, 1.165) is 25.9 Å². The Labute approximate surface area is 184 Å². The minimum absolute atomic E-state index is 0.0692. The number of amides is 2. The standard InChI is InChI=1S/C25H22F2N2O3/c26-19-9-6-17(7-10-19)18-8-11-22(23(27)14-18)25(31)28-20-4-3-5-21(15-20)32-16-24(30)29-12-1-2-13-29/h3-11,14-15H,1-2,12-13,16H2,(H,28,31). The molecule has 1 heterocycles. The third-order valence-electron chi connectivity index (χ3n) is 5.30. The van der Waals surface area contributed by atoms with E-state index < -0.39 is 11.7 Å². The molecule has 0 saturated carbocycles. The lowest BCUT2D eigenvalue weighted by Gasteiger charge is -2.16. The highest BCUT2D eigenvalue weighted by atomic mass is 19.1. The summed E-state index contributed by atoms with van der Waals surface area (Å²) in [6, 6.07) is 16.5. The molecule has 1 saturated heterocycles. The number of nitrogens with zero attached hydrogens (tertiary/aromatic N) is 1. The average molecular weight is 436 g/mol. The Morgan fingerprint density at radius 2 is 1.62 bits per heavy atom. The van der Waals surface area contributed by atoms with Gasteiger partial charge in [-0.3, -0.25) is 9.59 Å². The number of carbonyl (C=O) groups is 2. The smallest absolute Gasteiger partial charge is 0.260 e. The third kappa shape index (κ3) is 5.11. The van der Waals surface area contributed by atoms with Crippen LogP contribution in [0.25, 0.3) is 11.1 Å². The molecule has 5 nitrogen and oxygen atoms in total. The Balaban J connectivity index is 1.40. The molecule has 32 heavy (non-hydrogen) atoms. The van der Waals surface area contributed by atoms with E-state index >= 15 is 0 Å². The minimum Gasteiger partial charge on any atom is -0.484 e. The van der Waals surface area contributed by atoms with Gasteiger partial charge in [0.15, 0.2) is 6.61 Å². The number of anilines is 1. The first-order chi connectivity index (χ1) is 15.5. The van der Waals surface area contributed by atoms with Gasteiger partial charge in [0.25, 0.3) is 11.8 Å². The van der Waals surface area contributed by atoms with Gasteiger partial charge in [-0.15, -0.1) is 0 Å². The molecule has 1 aliphatic heterocycles. The van der Waals surface area contributed by atoms with Gasteiger partial charge in [-0.05, 0) is 60.4 Å². The molecular weight excluding hydrogens is 414 g/mol. The largest absolute Gasteiger partial charge is 0.484 e. The summed E-state index contributed by atoms with van der Waals surface area (Å²) >= 11 is 0. The van der Waals surface area contributed by atoms with Gasteiger partial charge in [-0.1, -0.05) is 24.3 Å². The molecule has 0 unspecified atom stereocenters. The van der Waals surface area contributed by atoms with Crippen molar-refractivity contribution in [2.24, 2.45) is 0 Å². The van der Waals surface area contributed by atoms with Crippen molar-refractivity contribution in [1.29, 1.82) is 0 Å². The summed E-state index contributed by atoms with van der Waals surface area (Å²) in [5.41, 5.74) is 1.48. The predicted octanol–water partition coefficient (Wildman–Crippen LogP) is 4.89. The quantitative estimate of drug-likeness (QED) is 0.599. The van der Waals surface area contributed by atoms with Crippen LogP contribution in [0.4, 0.5) is 14.5 Å². The Morgan fingerprint density at radius 1 is 0.906 bits per heavy atom. The molecule has 0 aromatic heterocycles. The van der Waals surface area contributed by atoms with Gasteiger partial charge in [0.2, 0.25) is 0 Å². The number of carbonyl (C=O) groups excluding carboxylic acids is 2. The topological polar surface area (TPSA) is 58.6 Å². The van der Waals surface area contributed by atoms with Crippen molar-refractivity contribution in [2.45, 2.75) is 12.8 Å². The maximum atomic E-state index is 14.6. The molecule has 1 N–H and O–H groups in total. The molecule has 1 fully saturated rings. The molecule has 0 aliphatic carbocycles. The molecule has 0 bridgehead atoms. The van der Waals surface area contributed by atoms with Gasteiger partial charge in [-0.2, -0.15) is 0 Å². The highest BCUT2D eigenvalue weighted by Gasteiger charge is 2.18. The van der Waals surface area contributed by atoms with Crippen molar-refractivity contribution in [3.63, 3.8) is 0 Å². The van der Waals surface area contributed by atoms with Crippen LogP contribution in [0.1, 0.15) is 23.2 Å². The van der Waals surface area contributed by atoms with Crippen LogP contribution in [0, 0.1) is 11.6 Å². The maximum Gasteiger partial charge on any atom is 0.260 e. The number of hydrogen-bond acceptors (Lipinski definition) is 3. The van der Waals surface area contributed by atoms with E-state index in [4.69, 9.17) is 4.74 Å². The fourth-order valence-electron chi connectivity index (χ4n) is 3.59. The van der Waals surface area contributed by atoms with Crippen molar-refractivity contribution in [2.75, 3.05) is 25.0 Å². The van der Waals surface area contributed by atoms with E-state index in [-0.39, 0.29) is 23.9 Å². The Hall–Kier alpha value is -3.74. The molecule has 7 heteroatoms. The van der Waals surface area contributed by atoms with E-state index in [1.165, 1.54) is 24.3 Å². The van der Waals surface area contributed by atoms with Gasteiger partial charge >= 0.3 is 0 Å². The number of nitrogens with one attached hydrogen (secondary N) is 1. The molecule has 3 aromatic carbocycles. The van der Waals surface area contributed by atoms with E-state index in [9.17, 15) is 18.4 Å². The second-order valence-electron chi connectivity index (χ2n) is 7.56. The highest BCUT2D eigenvalue weighted by molar-refractivity contribution is 6.04.